The Balaban J connectivity index is 2.50. The Morgan fingerprint density at radius 1 is 0.947 bits per heavy atom. The number of nitrogens with two attached hydrogens (primary N) is 1. The van der Waals surface area contributed by atoms with E-state index in [9.17, 15) is 18.5 Å². The number of methoxy groups -OCH3 is 1. The van der Waals surface area contributed by atoms with Crippen molar-refractivity contribution in [3.63, 3.8) is 0 Å². The highest BCUT2D eigenvalue weighted by molar-refractivity contribution is 7.89. The first-order chi connectivity index (χ1) is 17.1. The van der Waals surface area contributed by atoms with Crippen molar-refractivity contribution in [3.05, 3.63) is 28.3 Å². The van der Waals surface area contributed by atoms with Crippen LogP contribution in [0.2, 0.25) is 58.9 Å². The van der Waals surface area contributed by atoms with Crippen LogP contribution in [0.4, 0.5) is 11.4 Å². The van der Waals surface area contributed by atoms with E-state index in [1.807, 2.05) is 0 Å². The fourth-order valence-corrected chi connectivity index (χ4v) is 7.84. The minimum Gasteiger partial charge on any atom is -0.409 e. The molecule has 1 aromatic rings. The van der Waals surface area contributed by atoms with Crippen molar-refractivity contribution >= 4 is 46.4 Å². The maximum atomic E-state index is 11.7. The number of sulfonamides is 1. The van der Waals surface area contributed by atoms with Crippen LogP contribution >= 0.6 is 0 Å². The van der Waals surface area contributed by atoms with E-state index in [1.165, 1.54) is 19.2 Å². The third kappa shape index (κ3) is 9.76. The number of hydrogen-bond donors (Lipinski definition) is 2. The molecule has 16 heteroatoms. The molecule has 12 nitrogen and oxygen atoms in total. The van der Waals surface area contributed by atoms with Crippen LogP contribution in [0.3, 0.4) is 0 Å². The highest BCUT2D eigenvalue weighted by atomic mass is 32.2. The lowest BCUT2D eigenvalue weighted by atomic mass is 9.98. The Bertz CT molecular complexity index is 1090. The zero-order valence-electron chi connectivity index (χ0n) is 23.9. The van der Waals surface area contributed by atoms with Gasteiger partial charge in [0.05, 0.1) is 9.82 Å². The van der Waals surface area contributed by atoms with E-state index in [0.717, 1.165) is 6.07 Å². The number of nitrogens with one attached hydrogen (secondary N) is 1. The number of primary sulfonamides is 1. The Hall–Kier alpha value is -1.22. The molecule has 2 rings (SSSR count). The lowest BCUT2D eigenvalue weighted by molar-refractivity contribution is -0.384. The van der Waals surface area contributed by atoms with Gasteiger partial charge in [0.1, 0.15) is 30.1 Å². The van der Waals surface area contributed by atoms with Gasteiger partial charge in [0.15, 0.2) is 31.2 Å². The van der Waals surface area contributed by atoms with Gasteiger partial charge in [-0.3, -0.25) is 10.1 Å². The average Bonchev–Trinajstić information content (AvgIpc) is 2.71. The SMILES string of the molecule is CO[C@H]1O[C@H](CNc2ccc(S(N)(=O)=O)cc2[N+](=O)[O-])[C@@H](O[Si](C)(C)C)[C@H](O[Si](C)(C)C)[C@H]1O[Si](C)(C)C. The number of ether oxygens (including phenoxy) is 2. The topological polar surface area (TPSA) is 161 Å². The van der Waals surface area contributed by atoms with E-state index in [1.54, 1.807) is 0 Å². The minimum absolute atomic E-state index is 0.107. The van der Waals surface area contributed by atoms with Crippen molar-refractivity contribution in [1.82, 2.24) is 0 Å². The van der Waals surface area contributed by atoms with Crippen molar-refractivity contribution in [3.8, 4) is 0 Å². The first-order valence-corrected chi connectivity index (χ1v) is 24.2. The van der Waals surface area contributed by atoms with E-state index < -0.39 is 76.3 Å². The molecule has 0 amide bonds. The highest BCUT2D eigenvalue weighted by Crippen LogP contribution is 2.35. The first-order valence-electron chi connectivity index (χ1n) is 12.4. The standard InChI is InChI=1S/C22H43N3O9SSi3/c1-30-22-21(34-38(8,9)10)20(33-37(5,6)7)19(32-36(2,3)4)18(31-22)14-24-16-12-11-15(35(23,28)29)13-17(16)25(26)27/h11-13,18-22,24H,14H2,1-10H3,(H2,23,28,29)/t18-,19-,20+,21-,22+/m1/s1. The molecule has 0 saturated carbocycles. The minimum atomic E-state index is -4.11. The van der Waals surface area contributed by atoms with Crippen LogP contribution in [0, 0.1) is 10.1 Å². The Labute approximate surface area is 229 Å². The van der Waals surface area contributed by atoms with Gasteiger partial charge in [0, 0.05) is 19.7 Å². The van der Waals surface area contributed by atoms with Gasteiger partial charge < -0.3 is 28.1 Å². The van der Waals surface area contributed by atoms with Crippen LogP contribution < -0.4 is 10.5 Å². The third-order valence-electron chi connectivity index (χ3n) is 5.28. The molecule has 1 heterocycles. The van der Waals surface area contributed by atoms with Crippen LogP contribution in [0.1, 0.15) is 0 Å². The van der Waals surface area contributed by atoms with Crippen molar-refractivity contribution in [2.45, 2.75) is 94.5 Å². The fourth-order valence-electron chi connectivity index (χ4n) is 4.06. The zero-order chi connectivity index (χ0) is 29.3. The van der Waals surface area contributed by atoms with E-state index in [0.29, 0.717) is 0 Å². The molecule has 0 bridgehead atoms. The average molecular weight is 610 g/mol. The predicted molar refractivity (Wildman–Crippen MR) is 153 cm³/mol. The largest absolute Gasteiger partial charge is 0.409 e. The molecule has 1 aliphatic heterocycles. The molecule has 0 aromatic heterocycles. The lowest BCUT2D eigenvalue weighted by Crippen LogP contribution is -2.66. The summed E-state index contributed by atoms with van der Waals surface area (Å²) in [6.45, 7) is 18.8. The second kappa shape index (κ2) is 12.1. The molecular weight excluding hydrogens is 567 g/mol. The Morgan fingerprint density at radius 3 is 1.89 bits per heavy atom. The van der Waals surface area contributed by atoms with Crippen molar-refractivity contribution in [2.75, 3.05) is 19.0 Å². The normalized spacial score (nSPS) is 25.3. The third-order valence-corrected chi connectivity index (χ3v) is 9.13. The number of anilines is 1. The lowest BCUT2D eigenvalue weighted by Gasteiger charge is -2.50. The van der Waals surface area contributed by atoms with E-state index >= 15 is 0 Å². The van der Waals surface area contributed by atoms with Crippen LogP contribution in [-0.4, -0.2) is 82.7 Å². The molecule has 0 spiro atoms. The number of nitro benzene ring substituents is 1. The monoisotopic (exact) mass is 609 g/mol. The molecule has 38 heavy (non-hydrogen) atoms. The smallest absolute Gasteiger partial charge is 0.293 e. The van der Waals surface area contributed by atoms with Gasteiger partial charge in [-0.2, -0.15) is 0 Å². The van der Waals surface area contributed by atoms with Crippen LogP contribution in [0.25, 0.3) is 0 Å². The van der Waals surface area contributed by atoms with Gasteiger partial charge in [0.2, 0.25) is 10.0 Å². The quantitative estimate of drug-likeness (QED) is 0.203. The predicted octanol–water partition coefficient (Wildman–Crippen LogP) is 3.69. The van der Waals surface area contributed by atoms with Crippen LogP contribution in [0.5, 0.6) is 0 Å². The van der Waals surface area contributed by atoms with Gasteiger partial charge in [-0.15, -0.1) is 0 Å². The van der Waals surface area contributed by atoms with Crippen molar-refractivity contribution in [2.24, 2.45) is 5.14 Å². The highest BCUT2D eigenvalue weighted by Gasteiger charge is 2.51. The molecule has 5 atom stereocenters. The summed E-state index contributed by atoms with van der Waals surface area (Å²) < 4.78 is 55.4. The summed E-state index contributed by atoms with van der Waals surface area (Å²) in [5.41, 5.74) is -0.303. The molecular formula is C22H43N3O9SSi3. The van der Waals surface area contributed by atoms with E-state index in [4.69, 9.17) is 27.9 Å². The summed E-state index contributed by atoms with van der Waals surface area (Å²) in [7, 11) is -8.87. The molecule has 1 aromatic carbocycles. The van der Waals surface area contributed by atoms with E-state index in [2.05, 4.69) is 64.2 Å². The zero-order valence-corrected chi connectivity index (χ0v) is 27.7. The Kier molecular flexibility index (Phi) is 10.5. The summed E-state index contributed by atoms with van der Waals surface area (Å²) in [6, 6.07) is 3.47. The molecule has 1 saturated heterocycles. The molecule has 1 fully saturated rings. The Morgan fingerprint density at radius 2 is 1.45 bits per heavy atom. The number of benzene rings is 1. The summed E-state index contributed by atoms with van der Waals surface area (Å²) in [5, 5.41) is 19.9. The maximum absolute atomic E-state index is 11.7. The van der Waals surface area contributed by atoms with Crippen LogP contribution in [-0.2, 0) is 32.8 Å². The summed E-state index contributed by atoms with van der Waals surface area (Å²) in [4.78, 5) is 10.7. The molecule has 0 aliphatic carbocycles. The molecule has 218 valence electrons. The number of hydrogen-bond acceptors (Lipinski definition) is 10. The molecule has 1 aliphatic rings. The van der Waals surface area contributed by atoms with Gasteiger partial charge in [-0.25, -0.2) is 13.6 Å². The van der Waals surface area contributed by atoms with Crippen molar-refractivity contribution in [1.29, 1.82) is 0 Å². The summed E-state index contributed by atoms with van der Waals surface area (Å²) in [6.07, 6.45) is -2.94. The van der Waals surface area contributed by atoms with Gasteiger partial charge in [0.25, 0.3) is 5.69 Å². The first kappa shape index (κ1) is 33.0. The van der Waals surface area contributed by atoms with Gasteiger partial charge in [-0.1, -0.05) is 0 Å². The second-order valence-corrected chi connectivity index (χ2v) is 27.2. The number of nitro groups is 1. The number of rotatable bonds is 12. The second-order valence-electron chi connectivity index (χ2n) is 12.2. The fraction of sp³-hybridized carbons (Fsp3) is 0.727. The van der Waals surface area contributed by atoms with Gasteiger partial charge in [-0.05, 0) is 71.1 Å². The van der Waals surface area contributed by atoms with E-state index in [-0.39, 0.29) is 17.1 Å². The van der Waals surface area contributed by atoms with Gasteiger partial charge >= 0.3 is 0 Å². The van der Waals surface area contributed by atoms with Crippen molar-refractivity contribution < 1.29 is 36.1 Å². The molecule has 0 radical (unpaired) electrons. The molecule has 3 N–H and O–H groups in total. The maximum Gasteiger partial charge on any atom is 0.293 e. The summed E-state index contributed by atoms with van der Waals surface area (Å²) >= 11 is 0. The number of nitrogens with zero attached hydrogens (tertiary/aromatic N) is 1. The molecule has 0 unspecified atom stereocenters. The summed E-state index contributed by atoms with van der Waals surface area (Å²) in [5.74, 6) is 0. The van der Waals surface area contributed by atoms with Crippen LogP contribution in [0.15, 0.2) is 23.1 Å².